The Morgan fingerprint density at radius 1 is 0.971 bits per heavy atom. The topological polar surface area (TPSA) is 94.4 Å². The molecule has 2 aliphatic heterocycles. The van der Waals surface area contributed by atoms with Gasteiger partial charge >= 0.3 is 0 Å². The Bertz CT molecular complexity index is 1430. The van der Waals surface area contributed by atoms with Gasteiger partial charge < -0.3 is 10.4 Å². The van der Waals surface area contributed by atoms with Gasteiger partial charge in [-0.1, -0.05) is 47.5 Å². The third-order valence-corrected chi connectivity index (χ3v) is 6.54. The molecule has 0 spiro atoms. The third-order valence-electron chi connectivity index (χ3n) is 5.03. The summed E-state index contributed by atoms with van der Waals surface area (Å²) in [6, 6.07) is 18.3. The van der Waals surface area contributed by atoms with Crippen molar-refractivity contribution in [3.05, 3.63) is 92.8 Å². The molecule has 168 valence electrons. The van der Waals surface area contributed by atoms with Crippen molar-refractivity contribution in [1.82, 2.24) is 0 Å². The van der Waals surface area contributed by atoms with Crippen molar-refractivity contribution in [2.75, 3.05) is 10.2 Å². The lowest BCUT2D eigenvalue weighted by molar-refractivity contribution is -0.113. The van der Waals surface area contributed by atoms with Gasteiger partial charge in [0, 0.05) is 10.6 Å². The molecule has 0 unspecified atom stereocenters. The normalized spacial score (nSPS) is 18.8. The van der Waals surface area contributed by atoms with Crippen LogP contribution in [0, 0.1) is 0 Å². The molecule has 0 radical (unpaired) electrons. The monoisotopic (exact) mass is 508 g/mol. The summed E-state index contributed by atoms with van der Waals surface area (Å²) < 4.78 is 0. The van der Waals surface area contributed by atoms with Crippen molar-refractivity contribution in [1.29, 1.82) is 0 Å². The fourth-order valence-electron chi connectivity index (χ4n) is 3.43. The van der Waals surface area contributed by atoms with Crippen LogP contribution in [0.25, 0.3) is 6.08 Å². The van der Waals surface area contributed by atoms with E-state index in [4.69, 9.17) is 23.2 Å². The number of benzene rings is 3. The molecule has 3 aromatic rings. The Balaban J connectivity index is 1.59. The number of nitrogens with zero attached hydrogens (tertiary/aromatic N) is 3. The molecular formula is C24H14Cl2N4O3S. The lowest BCUT2D eigenvalue weighted by Crippen LogP contribution is -2.29. The van der Waals surface area contributed by atoms with E-state index in [-0.39, 0.29) is 22.5 Å². The zero-order valence-corrected chi connectivity index (χ0v) is 19.5. The minimum Gasteiger partial charge on any atom is -0.508 e. The predicted octanol–water partition coefficient (Wildman–Crippen LogP) is 5.53. The number of hydrogen-bond acceptors (Lipinski definition) is 6. The largest absolute Gasteiger partial charge is 0.508 e. The zero-order chi connectivity index (χ0) is 23.8. The number of carbonyl (C=O) groups is 2. The van der Waals surface area contributed by atoms with E-state index in [9.17, 15) is 14.7 Å². The Hall–Kier alpha value is -3.59. The van der Waals surface area contributed by atoms with E-state index in [1.807, 2.05) is 0 Å². The molecule has 2 amide bonds. The second kappa shape index (κ2) is 8.98. The molecule has 2 heterocycles. The molecule has 0 saturated carbocycles. The van der Waals surface area contributed by atoms with Gasteiger partial charge in [-0.05, 0) is 65.9 Å². The number of para-hydroxylation sites is 1. The van der Waals surface area contributed by atoms with Gasteiger partial charge in [0.15, 0.2) is 5.71 Å². The summed E-state index contributed by atoms with van der Waals surface area (Å²) in [7, 11) is 0. The Morgan fingerprint density at radius 2 is 1.74 bits per heavy atom. The SMILES string of the molecule is O=C1Nc2ccc(Cl)cc2C1=NN=C1SC(=Cc2ccc(O)cc2)C(=O)N1c1ccccc1Cl. The summed E-state index contributed by atoms with van der Waals surface area (Å²) in [5.41, 5.74) is 2.36. The van der Waals surface area contributed by atoms with Crippen LogP contribution in [0.5, 0.6) is 5.75 Å². The number of rotatable bonds is 3. The van der Waals surface area contributed by atoms with Crippen LogP contribution in [0.2, 0.25) is 10.0 Å². The van der Waals surface area contributed by atoms with Crippen LogP contribution < -0.4 is 10.2 Å². The second-order valence-electron chi connectivity index (χ2n) is 7.27. The standard InChI is InChI=1S/C24H14Cl2N4O3S/c25-14-7-10-18-16(12-14)21(22(32)27-18)28-29-24-30(19-4-2-1-3-17(19)26)23(33)20(34-24)11-13-5-8-15(31)9-6-13/h1-12,31H,(H,27,28,32). The van der Waals surface area contributed by atoms with Gasteiger partial charge in [-0.2, -0.15) is 0 Å². The second-order valence-corrected chi connectivity index (χ2v) is 9.12. The highest BCUT2D eigenvalue weighted by molar-refractivity contribution is 8.19. The van der Waals surface area contributed by atoms with Gasteiger partial charge in [-0.15, -0.1) is 10.2 Å². The van der Waals surface area contributed by atoms with E-state index in [0.29, 0.717) is 31.9 Å². The molecule has 7 nitrogen and oxygen atoms in total. The summed E-state index contributed by atoms with van der Waals surface area (Å²) in [6.45, 7) is 0. The average Bonchev–Trinajstić information content (AvgIpc) is 3.29. The zero-order valence-electron chi connectivity index (χ0n) is 17.2. The Kier molecular flexibility index (Phi) is 5.87. The molecule has 3 aromatic carbocycles. The first kappa shape index (κ1) is 22.2. The lowest BCUT2D eigenvalue weighted by atomic mass is 10.1. The minimum absolute atomic E-state index is 0.0909. The molecule has 1 fully saturated rings. The van der Waals surface area contributed by atoms with Crippen molar-refractivity contribution < 1.29 is 14.7 Å². The van der Waals surface area contributed by atoms with Crippen molar-refractivity contribution >= 4 is 75.1 Å². The number of aromatic hydroxyl groups is 1. The molecule has 0 atom stereocenters. The number of amides is 2. The minimum atomic E-state index is -0.417. The van der Waals surface area contributed by atoms with Gasteiger partial charge in [0.25, 0.3) is 11.8 Å². The maximum Gasteiger partial charge on any atom is 0.276 e. The Labute approximate surface area is 208 Å². The van der Waals surface area contributed by atoms with Gasteiger partial charge in [0.2, 0.25) is 5.17 Å². The molecule has 0 aliphatic carbocycles. The number of halogens is 2. The summed E-state index contributed by atoms with van der Waals surface area (Å²) in [5.74, 6) is -0.636. The predicted molar refractivity (Wildman–Crippen MR) is 137 cm³/mol. The van der Waals surface area contributed by atoms with Crippen LogP contribution in [-0.4, -0.2) is 27.8 Å². The van der Waals surface area contributed by atoms with Crippen LogP contribution in [0.15, 0.2) is 81.8 Å². The highest BCUT2D eigenvalue weighted by Crippen LogP contribution is 2.39. The molecule has 2 aliphatic rings. The van der Waals surface area contributed by atoms with Crippen LogP contribution in [0.3, 0.4) is 0 Å². The lowest BCUT2D eigenvalue weighted by Gasteiger charge is -2.16. The maximum atomic E-state index is 13.3. The average molecular weight is 509 g/mol. The number of amidine groups is 1. The Morgan fingerprint density at radius 3 is 2.50 bits per heavy atom. The third kappa shape index (κ3) is 4.19. The number of fused-ring (bicyclic) bond motifs is 1. The number of nitrogens with one attached hydrogen (secondary N) is 1. The maximum absolute atomic E-state index is 13.3. The fourth-order valence-corrected chi connectivity index (χ4v) is 4.74. The first-order valence-electron chi connectivity index (χ1n) is 9.95. The van der Waals surface area contributed by atoms with Crippen molar-refractivity contribution in [2.24, 2.45) is 10.2 Å². The highest BCUT2D eigenvalue weighted by Gasteiger charge is 2.36. The number of phenols is 1. The fraction of sp³-hybridized carbons (Fsp3) is 0. The van der Waals surface area contributed by atoms with E-state index in [1.54, 1.807) is 60.7 Å². The first-order valence-corrected chi connectivity index (χ1v) is 11.5. The molecule has 2 N–H and O–H groups in total. The highest BCUT2D eigenvalue weighted by atomic mass is 35.5. The van der Waals surface area contributed by atoms with Gasteiger partial charge in [-0.3, -0.25) is 14.5 Å². The first-order chi connectivity index (χ1) is 16.4. The number of phenolic OH excluding ortho intramolecular Hbond substituents is 1. The van der Waals surface area contributed by atoms with Crippen LogP contribution in [0.1, 0.15) is 11.1 Å². The van der Waals surface area contributed by atoms with Gasteiger partial charge in [-0.25, -0.2) is 0 Å². The van der Waals surface area contributed by atoms with Crippen LogP contribution >= 0.6 is 35.0 Å². The van der Waals surface area contributed by atoms with Crippen LogP contribution in [-0.2, 0) is 9.59 Å². The van der Waals surface area contributed by atoms with E-state index in [1.165, 1.54) is 17.0 Å². The summed E-state index contributed by atoms with van der Waals surface area (Å²) in [5, 5.41) is 21.7. The van der Waals surface area contributed by atoms with Gasteiger partial charge in [0.1, 0.15) is 5.75 Å². The van der Waals surface area contributed by atoms with E-state index < -0.39 is 5.91 Å². The summed E-state index contributed by atoms with van der Waals surface area (Å²) in [6.07, 6.45) is 1.68. The van der Waals surface area contributed by atoms with Crippen molar-refractivity contribution in [3.8, 4) is 5.75 Å². The molecule has 5 rings (SSSR count). The quantitative estimate of drug-likeness (QED) is 0.359. The molecule has 0 bridgehead atoms. The number of hydrogen-bond donors (Lipinski definition) is 2. The smallest absolute Gasteiger partial charge is 0.276 e. The number of carbonyl (C=O) groups excluding carboxylic acids is 2. The van der Waals surface area contributed by atoms with E-state index in [2.05, 4.69) is 15.5 Å². The molecule has 10 heteroatoms. The van der Waals surface area contributed by atoms with Gasteiger partial charge in [0.05, 0.1) is 21.3 Å². The summed E-state index contributed by atoms with van der Waals surface area (Å²) in [4.78, 5) is 27.5. The summed E-state index contributed by atoms with van der Waals surface area (Å²) >= 11 is 13.6. The van der Waals surface area contributed by atoms with Crippen molar-refractivity contribution in [2.45, 2.75) is 0 Å². The number of anilines is 2. The van der Waals surface area contributed by atoms with E-state index >= 15 is 0 Å². The van der Waals surface area contributed by atoms with E-state index in [0.717, 1.165) is 17.3 Å². The molecule has 0 aromatic heterocycles. The van der Waals surface area contributed by atoms with Crippen molar-refractivity contribution in [3.63, 3.8) is 0 Å². The molecule has 1 saturated heterocycles. The van der Waals surface area contributed by atoms with Crippen LogP contribution in [0.4, 0.5) is 11.4 Å². The number of thioether (sulfide) groups is 1. The molecule has 34 heavy (non-hydrogen) atoms. The molecular weight excluding hydrogens is 495 g/mol.